The van der Waals surface area contributed by atoms with Crippen LogP contribution in [0.15, 0.2) is 42.5 Å². The highest BCUT2D eigenvalue weighted by Gasteiger charge is 2.23. The number of amides is 2. The number of anilines is 2. The third-order valence-corrected chi connectivity index (χ3v) is 4.91. The van der Waals surface area contributed by atoms with Crippen molar-refractivity contribution < 1.29 is 14.3 Å². The monoisotopic (exact) mass is 387 g/mol. The first-order valence-corrected chi connectivity index (χ1v) is 9.12. The van der Waals surface area contributed by atoms with E-state index in [0.717, 1.165) is 5.69 Å². The van der Waals surface area contributed by atoms with Crippen molar-refractivity contribution in [1.29, 1.82) is 0 Å². The molecule has 0 radical (unpaired) electrons. The Morgan fingerprint density at radius 3 is 2.44 bits per heavy atom. The van der Waals surface area contributed by atoms with Crippen LogP contribution < -0.4 is 15.0 Å². The Morgan fingerprint density at radius 1 is 1.07 bits per heavy atom. The summed E-state index contributed by atoms with van der Waals surface area (Å²) in [6.45, 7) is 4.15. The molecule has 6 nitrogen and oxygen atoms in total. The van der Waals surface area contributed by atoms with Gasteiger partial charge in [0.2, 0.25) is 5.91 Å². The van der Waals surface area contributed by atoms with Crippen molar-refractivity contribution in [2.45, 2.75) is 6.92 Å². The topological polar surface area (TPSA) is 61.9 Å². The summed E-state index contributed by atoms with van der Waals surface area (Å²) in [7, 11) is 1.56. The largest absolute Gasteiger partial charge is 0.497 e. The van der Waals surface area contributed by atoms with Gasteiger partial charge in [-0.15, -0.1) is 0 Å². The molecule has 0 atom stereocenters. The van der Waals surface area contributed by atoms with Gasteiger partial charge in [0.1, 0.15) is 5.75 Å². The van der Waals surface area contributed by atoms with E-state index in [1.807, 2.05) is 11.0 Å². The van der Waals surface area contributed by atoms with Crippen molar-refractivity contribution >= 4 is 34.8 Å². The summed E-state index contributed by atoms with van der Waals surface area (Å²) in [4.78, 5) is 28.1. The molecule has 2 aromatic rings. The Morgan fingerprint density at radius 2 is 1.78 bits per heavy atom. The maximum atomic E-state index is 12.7. The number of methoxy groups -OCH3 is 1. The van der Waals surface area contributed by atoms with Crippen molar-refractivity contribution in [2.75, 3.05) is 43.5 Å². The van der Waals surface area contributed by atoms with Gasteiger partial charge in [0, 0.05) is 38.7 Å². The van der Waals surface area contributed by atoms with Gasteiger partial charge in [0.25, 0.3) is 5.91 Å². The van der Waals surface area contributed by atoms with Gasteiger partial charge in [0.05, 0.1) is 23.5 Å². The first-order chi connectivity index (χ1) is 13.0. The van der Waals surface area contributed by atoms with E-state index < -0.39 is 0 Å². The third kappa shape index (κ3) is 4.34. The number of hydrogen-bond acceptors (Lipinski definition) is 4. The molecule has 1 aliphatic heterocycles. The highest BCUT2D eigenvalue weighted by atomic mass is 35.5. The number of benzene rings is 2. The minimum Gasteiger partial charge on any atom is -0.497 e. The van der Waals surface area contributed by atoms with Gasteiger partial charge in [-0.1, -0.05) is 23.7 Å². The van der Waals surface area contributed by atoms with Crippen LogP contribution in [0.2, 0.25) is 5.02 Å². The van der Waals surface area contributed by atoms with E-state index in [4.69, 9.17) is 16.3 Å². The van der Waals surface area contributed by atoms with Crippen molar-refractivity contribution in [3.8, 4) is 5.75 Å². The fraction of sp³-hybridized carbons (Fsp3) is 0.300. The van der Waals surface area contributed by atoms with Crippen LogP contribution in [0, 0.1) is 0 Å². The molecule has 3 rings (SSSR count). The van der Waals surface area contributed by atoms with E-state index in [1.54, 1.807) is 50.4 Å². The lowest BCUT2D eigenvalue weighted by Crippen LogP contribution is -2.48. The normalized spacial score (nSPS) is 14.0. The number of ether oxygens (including phenoxy) is 1. The molecular formula is C20H22ClN3O3. The molecule has 0 aromatic heterocycles. The lowest BCUT2D eigenvalue weighted by atomic mass is 10.1. The zero-order valence-electron chi connectivity index (χ0n) is 15.4. The predicted molar refractivity (Wildman–Crippen MR) is 107 cm³/mol. The highest BCUT2D eigenvalue weighted by Crippen LogP contribution is 2.35. The van der Waals surface area contributed by atoms with Gasteiger partial charge in [-0.3, -0.25) is 9.59 Å². The fourth-order valence-corrected chi connectivity index (χ4v) is 3.44. The van der Waals surface area contributed by atoms with E-state index in [2.05, 4.69) is 10.2 Å². The van der Waals surface area contributed by atoms with Crippen molar-refractivity contribution in [3.05, 3.63) is 53.1 Å². The molecule has 0 unspecified atom stereocenters. The Bertz CT molecular complexity index is 848. The number of rotatable bonds is 4. The molecule has 1 fully saturated rings. The van der Waals surface area contributed by atoms with Gasteiger partial charge in [-0.05, 0) is 30.3 Å². The number of piperazine rings is 1. The quantitative estimate of drug-likeness (QED) is 0.874. The zero-order valence-corrected chi connectivity index (χ0v) is 16.1. The maximum absolute atomic E-state index is 12.7. The van der Waals surface area contributed by atoms with Crippen LogP contribution in [-0.2, 0) is 4.79 Å². The van der Waals surface area contributed by atoms with Crippen LogP contribution in [0.4, 0.5) is 11.4 Å². The molecule has 142 valence electrons. The average molecular weight is 388 g/mol. The molecule has 0 bridgehead atoms. The van der Waals surface area contributed by atoms with Crippen LogP contribution in [0.25, 0.3) is 0 Å². The first-order valence-electron chi connectivity index (χ1n) is 8.74. The van der Waals surface area contributed by atoms with E-state index in [1.165, 1.54) is 0 Å². The van der Waals surface area contributed by atoms with E-state index in [0.29, 0.717) is 48.2 Å². The molecule has 7 heteroatoms. The number of carbonyl (C=O) groups excluding carboxylic acids is 2. The maximum Gasteiger partial charge on any atom is 0.255 e. The second-order valence-electron chi connectivity index (χ2n) is 6.32. The molecule has 2 amide bonds. The standard InChI is InChI=1S/C20H22ClN3O3/c1-14(25)23-9-11-24(12-10-23)19-17(21)7-4-8-18(19)22-20(26)15-5-3-6-16(13-15)27-2/h3-8,13H,9-12H2,1-2H3,(H,22,26). The number of hydrogen-bond donors (Lipinski definition) is 1. The van der Waals surface area contributed by atoms with Crippen LogP contribution in [0.5, 0.6) is 5.75 Å². The third-order valence-electron chi connectivity index (χ3n) is 4.61. The second-order valence-corrected chi connectivity index (χ2v) is 6.72. The molecule has 0 aliphatic carbocycles. The van der Waals surface area contributed by atoms with Crippen molar-refractivity contribution in [2.24, 2.45) is 0 Å². The molecule has 0 saturated carbocycles. The minimum atomic E-state index is -0.236. The van der Waals surface area contributed by atoms with Crippen LogP contribution in [-0.4, -0.2) is 50.0 Å². The Balaban J connectivity index is 1.81. The van der Waals surface area contributed by atoms with E-state index in [9.17, 15) is 9.59 Å². The lowest BCUT2D eigenvalue weighted by Gasteiger charge is -2.37. The van der Waals surface area contributed by atoms with Gasteiger partial charge < -0.3 is 19.9 Å². The lowest BCUT2D eigenvalue weighted by molar-refractivity contribution is -0.129. The highest BCUT2D eigenvalue weighted by molar-refractivity contribution is 6.34. The number of carbonyl (C=O) groups is 2. The molecule has 1 N–H and O–H groups in total. The molecule has 1 aliphatic rings. The average Bonchev–Trinajstić information content (AvgIpc) is 2.68. The van der Waals surface area contributed by atoms with Gasteiger partial charge in [-0.25, -0.2) is 0 Å². The number of para-hydroxylation sites is 1. The summed E-state index contributed by atoms with van der Waals surface area (Å²) in [6.07, 6.45) is 0. The van der Waals surface area contributed by atoms with E-state index in [-0.39, 0.29) is 11.8 Å². The summed E-state index contributed by atoms with van der Waals surface area (Å²) in [5.74, 6) is 0.453. The van der Waals surface area contributed by atoms with Gasteiger partial charge in [0.15, 0.2) is 0 Å². The second kappa shape index (κ2) is 8.31. The van der Waals surface area contributed by atoms with Crippen LogP contribution >= 0.6 is 11.6 Å². The summed E-state index contributed by atoms with van der Waals surface area (Å²) in [5.41, 5.74) is 1.92. The predicted octanol–water partition coefficient (Wildman–Crippen LogP) is 3.27. The van der Waals surface area contributed by atoms with Crippen LogP contribution in [0.3, 0.4) is 0 Å². The van der Waals surface area contributed by atoms with Crippen LogP contribution in [0.1, 0.15) is 17.3 Å². The summed E-state index contributed by atoms with van der Waals surface area (Å²) in [5, 5.41) is 3.51. The van der Waals surface area contributed by atoms with E-state index >= 15 is 0 Å². The molecule has 1 heterocycles. The Kier molecular flexibility index (Phi) is 5.86. The Hall–Kier alpha value is -2.73. The fourth-order valence-electron chi connectivity index (χ4n) is 3.14. The summed E-state index contributed by atoms with van der Waals surface area (Å²) >= 11 is 6.45. The SMILES string of the molecule is COc1cccc(C(=O)Nc2cccc(Cl)c2N2CCN(C(C)=O)CC2)c1. The molecule has 0 spiro atoms. The molecule has 1 saturated heterocycles. The number of halogens is 1. The smallest absolute Gasteiger partial charge is 0.255 e. The van der Waals surface area contributed by atoms with Crippen molar-refractivity contribution in [3.63, 3.8) is 0 Å². The van der Waals surface area contributed by atoms with Gasteiger partial charge >= 0.3 is 0 Å². The van der Waals surface area contributed by atoms with Crippen molar-refractivity contribution in [1.82, 2.24) is 4.90 Å². The molecule has 27 heavy (non-hydrogen) atoms. The molecule has 2 aromatic carbocycles. The number of nitrogens with zero attached hydrogens (tertiary/aromatic N) is 2. The summed E-state index contributed by atoms with van der Waals surface area (Å²) < 4.78 is 5.18. The van der Waals surface area contributed by atoms with Gasteiger partial charge in [-0.2, -0.15) is 0 Å². The first kappa shape index (κ1) is 19.0. The minimum absolute atomic E-state index is 0.0698. The Labute approximate surface area is 163 Å². The molecular weight excluding hydrogens is 366 g/mol. The summed E-state index contributed by atoms with van der Waals surface area (Å²) in [6, 6.07) is 12.4. The number of nitrogens with one attached hydrogen (secondary N) is 1. The zero-order chi connectivity index (χ0) is 19.4.